The van der Waals surface area contributed by atoms with Gasteiger partial charge in [0.25, 0.3) is 0 Å². The summed E-state index contributed by atoms with van der Waals surface area (Å²) in [5.41, 5.74) is 0.493. The van der Waals surface area contributed by atoms with Gasteiger partial charge in [-0.05, 0) is 38.3 Å². The maximum atomic E-state index is 13.6. The molecule has 1 N–H and O–H groups in total. The molecule has 5 nitrogen and oxygen atoms in total. The Kier molecular flexibility index (Phi) is 5.68. The fraction of sp³-hybridized carbons (Fsp3) is 0.579. The van der Waals surface area contributed by atoms with Gasteiger partial charge in [-0.15, -0.1) is 0 Å². The molecule has 2 aliphatic rings. The zero-order chi connectivity index (χ0) is 17.8. The van der Waals surface area contributed by atoms with Crippen LogP contribution in [0, 0.1) is 5.82 Å². The van der Waals surface area contributed by atoms with E-state index in [1.165, 1.54) is 6.07 Å². The first-order valence-corrected chi connectivity index (χ1v) is 9.07. The van der Waals surface area contributed by atoms with Crippen molar-refractivity contribution in [3.05, 3.63) is 35.6 Å². The minimum Gasteiger partial charge on any atom is -0.351 e. The van der Waals surface area contributed by atoms with Crippen molar-refractivity contribution in [2.45, 2.75) is 51.2 Å². The summed E-state index contributed by atoms with van der Waals surface area (Å²) in [6.45, 7) is 3.83. The van der Waals surface area contributed by atoms with Crippen LogP contribution in [-0.2, 0) is 16.1 Å². The molecule has 1 aromatic rings. The Morgan fingerprint density at radius 2 is 1.88 bits per heavy atom. The predicted octanol–water partition coefficient (Wildman–Crippen LogP) is 1.92. The predicted molar refractivity (Wildman–Crippen MR) is 93.3 cm³/mol. The van der Waals surface area contributed by atoms with Crippen LogP contribution >= 0.6 is 0 Å². The average molecular weight is 347 g/mol. The molecule has 2 saturated heterocycles. The van der Waals surface area contributed by atoms with Crippen LogP contribution in [0.3, 0.4) is 0 Å². The molecule has 1 aromatic carbocycles. The molecule has 3 rings (SSSR count). The molecule has 25 heavy (non-hydrogen) atoms. The highest BCUT2D eigenvalue weighted by Crippen LogP contribution is 2.29. The lowest BCUT2D eigenvalue weighted by Gasteiger charge is -2.34. The lowest BCUT2D eigenvalue weighted by Crippen LogP contribution is -2.50. The van der Waals surface area contributed by atoms with Crippen molar-refractivity contribution < 1.29 is 14.0 Å². The van der Waals surface area contributed by atoms with E-state index in [1.54, 1.807) is 25.1 Å². The smallest absolute Gasteiger partial charge is 0.234 e. The second kappa shape index (κ2) is 7.95. The molecule has 0 radical (unpaired) electrons. The van der Waals surface area contributed by atoms with Crippen LogP contribution in [0.25, 0.3) is 0 Å². The van der Waals surface area contributed by atoms with E-state index in [9.17, 15) is 14.0 Å². The number of carbonyl (C=O) groups is 2. The van der Waals surface area contributed by atoms with Crippen molar-refractivity contribution in [1.82, 2.24) is 15.1 Å². The first kappa shape index (κ1) is 17.9. The Morgan fingerprint density at radius 3 is 2.64 bits per heavy atom. The molecule has 2 fully saturated rings. The zero-order valence-electron chi connectivity index (χ0n) is 14.7. The van der Waals surface area contributed by atoms with Crippen molar-refractivity contribution in [2.75, 3.05) is 19.6 Å². The largest absolute Gasteiger partial charge is 0.351 e. The molecule has 136 valence electrons. The number of nitrogens with zero attached hydrogens (tertiary/aromatic N) is 2. The summed E-state index contributed by atoms with van der Waals surface area (Å²) in [5, 5.41) is 2.81. The van der Waals surface area contributed by atoms with Gasteiger partial charge in [-0.25, -0.2) is 4.39 Å². The molecule has 2 amide bonds. The summed E-state index contributed by atoms with van der Waals surface area (Å²) in [6, 6.07) is 6.95. The quantitative estimate of drug-likeness (QED) is 0.885. The Hall–Kier alpha value is -1.95. The molecule has 0 unspecified atom stereocenters. The first-order valence-electron chi connectivity index (χ1n) is 9.07. The number of likely N-dealkylation sites (tertiary alicyclic amines) is 2. The van der Waals surface area contributed by atoms with Gasteiger partial charge in [-0.1, -0.05) is 18.2 Å². The highest BCUT2D eigenvalue weighted by molar-refractivity contribution is 5.78. The number of nitrogens with one attached hydrogen (secondary N) is 1. The van der Waals surface area contributed by atoms with E-state index in [0.717, 1.165) is 38.8 Å². The van der Waals surface area contributed by atoms with E-state index in [4.69, 9.17) is 0 Å². The third-order valence-corrected chi connectivity index (χ3v) is 5.34. The fourth-order valence-corrected chi connectivity index (χ4v) is 4.14. The maximum Gasteiger partial charge on any atom is 0.234 e. The van der Waals surface area contributed by atoms with E-state index in [1.807, 2.05) is 4.90 Å². The van der Waals surface area contributed by atoms with E-state index in [2.05, 4.69) is 10.2 Å². The topological polar surface area (TPSA) is 52.7 Å². The summed E-state index contributed by atoms with van der Waals surface area (Å²) in [5.74, 6) is -0.272. The molecule has 2 heterocycles. The monoisotopic (exact) mass is 347 g/mol. The normalized spacial score (nSPS) is 23.8. The summed E-state index contributed by atoms with van der Waals surface area (Å²) in [7, 11) is 0. The summed E-state index contributed by atoms with van der Waals surface area (Å²) in [6.07, 6.45) is 4.12. The number of amides is 2. The zero-order valence-corrected chi connectivity index (χ0v) is 14.7. The van der Waals surface area contributed by atoms with Gasteiger partial charge in [0.15, 0.2) is 0 Å². The van der Waals surface area contributed by atoms with Crippen molar-refractivity contribution in [1.29, 1.82) is 0 Å². The van der Waals surface area contributed by atoms with Gasteiger partial charge < -0.3 is 10.2 Å². The summed E-state index contributed by atoms with van der Waals surface area (Å²) >= 11 is 0. The standard InChI is InChI=1S/C19H26FN3O2/c1-14(24)23-11-5-9-18(23)17-8-4-10-22(17)13-19(25)21-12-15-6-2-3-7-16(15)20/h2-3,6-7,17-18H,4-5,8-13H2,1H3,(H,21,25)/t17-,18-/m0/s1. The number of benzene rings is 1. The second-order valence-corrected chi connectivity index (χ2v) is 6.97. The van der Waals surface area contributed by atoms with Gasteiger partial charge in [0.05, 0.1) is 6.54 Å². The van der Waals surface area contributed by atoms with Gasteiger partial charge in [-0.2, -0.15) is 0 Å². The number of hydrogen-bond donors (Lipinski definition) is 1. The molecule has 2 atom stereocenters. The molecule has 2 aliphatic heterocycles. The van der Waals surface area contributed by atoms with Crippen LogP contribution in [-0.4, -0.2) is 53.3 Å². The Labute approximate surface area is 148 Å². The minimum absolute atomic E-state index is 0.0949. The van der Waals surface area contributed by atoms with Crippen LogP contribution < -0.4 is 5.32 Å². The molecular weight excluding hydrogens is 321 g/mol. The Bertz CT molecular complexity index is 637. The number of rotatable bonds is 5. The SMILES string of the molecule is CC(=O)N1CCC[C@H]1[C@@H]1CCCN1CC(=O)NCc1ccccc1F. The number of carbonyl (C=O) groups excluding carboxylic acids is 2. The third-order valence-electron chi connectivity index (χ3n) is 5.34. The van der Waals surface area contributed by atoms with Crippen molar-refractivity contribution in [3.8, 4) is 0 Å². The second-order valence-electron chi connectivity index (χ2n) is 6.97. The highest BCUT2D eigenvalue weighted by atomic mass is 19.1. The Balaban J connectivity index is 1.55. The lowest BCUT2D eigenvalue weighted by molar-refractivity contribution is -0.130. The van der Waals surface area contributed by atoms with E-state index >= 15 is 0 Å². The van der Waals surface area contributed by atoms with E-state index in [0.29, 0.717) is 12.1 Å². The van der Waals surface area contributed by atoms with Crippen LogP contribution in [0.5, 0.6) is 0 Å². The van der Waals surface area contributed by atoms with Crippen LogP contribution in [0.2, 0.25) is 0 Å². The molecule has 0 bridgehead atoms. The summed E-state index contributed by atoms with van der Waals surface area (Å²) in [4.78, 5) is 28.3. The van der Waals surface area contributed by atoms with Crippen LogP contribution in [0.1, 0.15) is 38.2 Å². The van der Waals surface area contributed by atoms with Gasteiger partial charge in [-0.3, -0.25) is 14.5 Å². The maximum absolute atomic E-state index is 13.6. The summed E-state index contributed by atoms with van der Waals surface area (Å²) < 4.78 is 13.6. The minimum atomic E-state index is -0.301. The van der Waals surface area contributed by atoms with Crippen LogP contribution in [0.15, 0.2) is 24.3 Å². The third kappa shape index (κ3) is 4.18. The van der Waals surface area contributed by atoms with Gasteiger partial charge in [0.1, 0.15) is 5.82 Å². The molecule has 0 aliphatic carbocycles. The van der Waals surface area contributed by atoms with Gasteiger partial charge in [0, 0.05) is 37.7 Å². The van der Waals surface area contributed by atoms with Crippen LogP contribution in [0.4, 0.5) is 4.39 Å². The van der Waals surface area contributed by atoms with Crippen molar-refractivity contribution in [2.24, 2.45) is 0 Å². The Morgan fingerprint density at radius 1 is 1.16 bits per heavy atom. The van der Waals surface area contributed by atoms with Gasteiger partial charge in [0.2, 0.25) is 11.8 Å². The van der Waals surface area contributed by atoms with Crippen molar-refractivity contribution >= 4 is 11.8 Å². The van der Waals surface area contributed by atoms with Crippen molar-refractivity contribution in [3.63, 3.8) is 0 Å². The molecule has 0 saturated carbocycles. The van der Waals surface area contributed by atoms with Gasteiger partial charge >= 0.3 is 0 Å². The molecule has 6 heteroatoms. The van der Waals surface area contributed by atoms with E-state index < -0.39 is 0 Å². The first-order chi connectivity index (χ1) is 12.1. The fourth-order valence-electron chi connectivity index (χ4n) is 4.14. The molecule has 0 aromatic heterocycles. The lowest BCUT2D eigenvalue weighted by atomic mass is 10.0. The number of halogens is 1. The molecular formula is C19H26FN3O2. The highest BCUT2D eigenvalue weighted by Gasteiger charge is 2.39. The number of hydrogen-bond acceptors (Lipinski definition) is 3. The average Bonchev–Trinajstić information content (AvgIpc) is 3.22. The molecule has 0 spiro atoms. The van der Waals surface area contributed by atoms with E-state index in [-0.39, 0.29) is 36.3 Å².